The van der Waals surface area contributed by atoms with E-state index in [1.807, 2.05) is 13.0 Å². The van der Waals surface area contributed by atoms with Crippen LogP contribution in [0, 0.1) is 18.3 Å². The molecule has 1 unspecified atom stereocenters. The molecule has 0 aromatic carbocycles. The van der Waals surface area contributed by atoms with Crippen molar-refractivity contribution in [1.82, 2.24) is 4.90 Å². The number of nitrogens with zero attached hydrogens (tertiary/aromatic N) is 1. The Morgan fingerprint density at radius 1 is 1.50 bits per heavy atom. The van der Waals surface area contributed by atoms with Gasteiger partial charge < -0.3 is 9.32 Å². The second kappa shape index (κ2) is 4.88. The number of rotatable bonds is 4. The van der Waals surface area contributed by atoms with Gasteiger partial charge in [0.1, 0.15) is 11.5 Å². The summed E-state index contributed by atoms with van der Waals surface area (Å²) >= 11 is 0. The highest BCUT2D eigenvalue weighted by atomic mass is 16.3. The molecule has 0 N–H and O–H groups in total. The van der Waals surface area contributed by atoms with Gasteiger partial charge in [0.25, 0.3) is 0 Å². The molecule has 1 aliphatic rings. The van der Waals surface area contributed by atoms with Crippen molar-refractivity contribution in [2.45, 2.75) is 40.2 Å². The van der Waals surface area contributed by atoms with Gasteiger partial charge in [0.05, 0.1) is 6.26 Å². The fourth-order valence-electron chi connectivity index (χ4n) is 2.82. The fraction of sp³-hybridized carbons (Fsp3) is 0.667. The molecule has 1 fully saturated rings. The van der Waals surface area contributed by atoms with Crippen molar-refractivity contribution in [3.63, 3.8) is 0 Å². The summed E-state index contributed by atoms with van der Waals surface area (Å²) in [7, 11) is 2.07. The number of aryl methyl sites for hydroxylation is 1. The Balaban J connectivity index is 1.91. The molecule has 0 radical (unpaired) electrons. The van der Waals surface area contributed by atoms with Crippen LogP contribution in [0.1, 0.15) is 38.0 Å². The van der Waals surface area contributed by atoms with Crippen molar-refractivity contribution in [2.75, 3.05) is 13.6 Å². The molecule has 1 atom stereocenters. The molecule has 0 spiro atoms. The molecule has 1 aliphatic carbocycles. The van der Waals surface area contributed by atoms with Gasteiger partial charge in [0, 0.05) is 30.0 Å². The molecule has 0 bridgehead atoms. The van der Waals surface area contributed by atoms with Gasteiger partial charge >= 0.3 is 0 Å². The van der Waals surface area contributed by atoms with Gasteiger partial charge in [-0.15, -0.1) is 0 Å². The minimum atomic E-state index is -0.114. The van der Waals surface area contributed by atoms with Crippen LogP contribution in [0.5, 0.6) is 0 Å². The van der Waals surface area contributed by atoms with E-state index in [1.165, 1.54) is 5.56 Å². The smallest absolute Gasteiger partial charge is 0.142 e. The van der Waals surface area contributed by atoms with Crippen LogP contribution in [-0.4, -0.2) is 24.3 Å². The number of Topliss-reactive ketones (excluding diaryl/α,β-unsaturated/α-hetero) is 1. The third-order valence-electron chi connectivity index (χ3n) is 4.09. The third kappa shape index (κ3) is 2.66. The van der Waals surface area contributed by atoms with Gasteiger partial charge in [-0.05, 0) is 32.9 Å². The highest BCUT2D eigenvalue weighted by Gasteiger charge is 2.40. The molecule has 3 nitrogen and oxygen atoms in total. The Morgan fingerprint density at radius 3 is 2.72 bits per heavy atom. The zero-order valence-corrected chi connectivity index (χ0v) is 11.8. The lowest BCUT2D eigenvalue weighted by atomic mass is 9.89. The maximum Gasteiger partial charge on any atom is 0.142 e. The van der Waals surface area contributed by atoms with E-state index in [-0.39, 0.29) is 11.3 Å². The zero-order valence-electron chi connectivity index (χ0n) is 11.8. The number of furan rings is 1. The molecule has 3 heteroatoms. The average molecular weight is 249 g/mol. The van der Waals surface area contributed by atoms with E-state index in [0.29, 0.717) is 5.78 Å². The van der Waals surface area contributed by atoms with Crippen LogP contribution in [0.4, 0.5) is 0 Å². The monoisotopic (exact) mass is 249 g/mol. The van der Waals surface area contributed by atoms with E-state index in [1.54, 1.807) is 6.26 Å². The fourth-order valence-corrected chi connectivity index (χ4v) is 2.82. The number of hydrogen-bond donors (Lipinski definition) is 0. The number of carbonyl (C=O) groups excluding carboxylic acids is 1. The van der Waals surface area contributed by atoms with Gasteiger partial charge in [-0.25, -0.2) is 0 Å². The summed E-state index contributed by atoms with van der Waals surface area (Å²) in [5.41, 5.74) is 1.10. The van der Waals surface area contributed by atoms with Crippen LogP contribution in [0.25, 0.3) is 0 Å². The Morgan fingerprint density at radius 2 is 2.22 bits per heavy atom. The predicted octanol–water partition coefficient (Wildman–Crippen LogP) is 3.03. The molecular weight excluding hydrogens is 226 g/mol. The van der Waals surface area contributed by atoms with Crippen molar-refractivity contribution in [2.24, 2.45) is 11.3 Å². The van der Waals surface area contributed by atoms with Gasteiger partial charge in [-0.2, -0.15) is 0 Å². The first-order chi connectivity index (χ1) is 8.40. The Kier molecular flexibility index (Phi) is 3.62. The lowest BCUT2D eigenvalue weighted by Gasteiger charge is -2.21. The molecule has 100 valence electrons. The summed E-state index contributed by atoms with van der Waals surface area (Å²) in [5, 5.41) is 0. The zero-order chi connectivity index (χ0) is 13.3. The molecule has 0 aliphatic heterocycles. The van der Waals surface area contributed by atoms with E-state index < -0.39 is 0 Å². The summed E-state index contributed by atoms with van der Waals surface area (Å²) in [6.45, 7) is 7.82. The first kappa shape index (κ1) is 13.3. The summed E-state index contributed by atoms with van der Waals surface area (Å²) in [4.78, 5) is 14.4. The maximum absolute atomic E-state index is 12.2. The predicted molar refractivity (Wildman–Crippen MR) is 71.3 cm³/mol. The lowest BCUT2D eigenvalue weighted by molar-refractivity contribution is -0.127. The first-order valence-electron chi connectivity index (χ1n) is 6.66. The molecule has 1 aromatic rings. The summed E-state index contributed by atoms with van der Waals surface area (Å²) in [6.07, 6.45) is 3.78. The van der Waals surface area contributed by atoms with Crippen LogP contribution in [-0.2, 0) is 11.3 Å². The van der Waals surface area contributed by atoms with Crippen LogP contribution in [0.15, 0.2) is 16.7 Å². The Hall–Kier alpha value is -1.09. The van der Waals surface area contributed by atoms with Crippen molar-refractivity contribution in [3.8, 4) is 0 Å². The summed E-state index contributed by atoms with van der Waals surface area (Å²) < 4.78 is 5.30. The molecule has 18 heavy (non-hydrogen) atoms. The number of hydrogen-bond acceptors (Lipinski definition) is 3. The van der Waals surface area contributed by atoms with E-state index in [9.17, 15) is 4.79 Å². The van der Waals surface area contributed by atoms with E-state index >= 15 is 0 Å². The largest absolute Gasteiger partial charge is 0.469 e. The maximum atomic E-state index is 12.2. The van der Waals surface area contributed by atoms with Crippen LogP contribution in [0.3, 0.4) is 0 Å². The summed E-state index contributed by atoms with van der Waals surface area (Å²) in [5.74, 6) is 1.61. The van der Waals surface area contributed by atoms with Gasteiger partial charge in [0.15, 0.2) is 0 Å². The highest BCUT2D eigenvalue weighted by molar-refractivity contribution is 5.88. The topological polar surface area (TPSA) is 33.5 Å². The minimum Gasteiger partial charge on any atom is -0.469 e. The van der Waals surface area contributed by atoms with E-state index in [2.05, 4.69) is 25.8 Å². The molecule has 0 amide bonds. The van der Waals surface area contributed by atoms with Crippen LogP contribution in [0.2, 0.25) is 0 Å². The molecular formula is C15H23NO2. The van der Waals surface area contributed by atoms with E-state index in [4.69, 9.17) is 4.42 Å². The number of carbonyl (C=O) groups is 1. The minimum absolute atomic E-state index is 0.114. The molecule has 2 rings (SSSR count). The number of ketones is 1. The van der Waals surface area contributed by atoms with Crippen molar-refractivity contribution >= 4 is 5.78 Å². The van der Waals surface area contributed by atoms with Crippen molar-refractivity contribution in [1.29, 1.82) is 0 Å². The third-order valence-corrected chi connectivity index (χ3v) is 4.09. The standard InChI is InChI=1S/C15H23NO2/c1-11-12(6-8-18-11)9-16(4)10-13-5-7-15(2,3)14(13)17/h6,8,13H,5,7,9-10H2,1-4H3. The normalized spacial score (nSPS) is 22.9. The van der Waals surface area contributed by atoms with Gasteiger partial charge in [0.2, 0.25) is 0 Å². The Bertz CT molecular complexity index is 433. The lowest BCUT2D eigenvalue weighted by Crippen LogP contribution is -2.31. The van der Waals surface area contributed by atoms with E-state index in [0.717, 1.165) is 31.7 Å². The molecule has 1 heterocycles. The molecule has 1 saturated carbocycles. The van der Waals surface area contributed by atoms with Crippen molar-refractivity contribution < 1.29 is 9.21 Å². The van der Waals surface area contributed by atoms with Gasteiger partial charge in [-0.3, -0.25) is 4.79 Å². The average Bonchev–Trinajstić information content (AvgIpc) is 2.78. The van der Waals surface area contributed by atoms with Gasteiger partial charge in [-0.1, -0.05) is 13.8 Å². The van der Waals surface area contributed by atoms with Crippen molar-refractivity contribution in [3.05, 3.63) is 23.7 Å². The van der Waals surface area contributed by atoms with Crippen LogP contribution < -0.4 is 0 Å². The Labute approximate surface area is 109 Å². The van der Waals surface area contributed by atoms with Crippen LogP contribution >= 0.6 is 0 Å². The molecule has 1 aromatic heterocycles. The quantitative estimate of drug-likeness (QED) is 0.822. The second-order valence-corrected chi connectivity index (χ2v) is 6.18. The highest BCUT2D eigenvalue weighted by Crippen LogP contribution is 2.37. The SMILES string of the molecule is Cc1occc1CN(C)CC1CCC(C)(C)C1=O. The molecule has 0 saturated heterocycles. The summed E-state index contributed by atoms with van der Waals surface area (Å²) in [6, 6.07) is 2.01. The second-order valence-electron chi connectivity index (χ2n) is 6.18. The first-order valence-corrected chi connectivity index (χ1v) is 6.66.